The van der Waals surface area contributed by atoms with Crippen LogP contribution in [0.1, 0.15) is 46.6 Å². The van der Waals surface area contributed by atoms with E-state index in [2.05, 4.69) is 10.1 Å². The van der Waals surface area contributed by atoms with Crippen molar-refractivity contribution < 1.29 is 24.5 Å². The molecule has 3 N–H and O–H groups in total. The Morgan fingerprint density at radius 2 is 1.88 bits per heavy atom. The molecular formula is C19H31NO5. The van der Waals surface area contributed by atoms with Gasteiger partial charge >= 0.3 is 0 Å². The third-order valence-corrected chi connectivity index (χ3v) is 3.81. The van der Waals surface area contributed by atoms with Crippen LogP contribution < -0.4 is 5.32 Å². The topological polar surface area (TPSA) is 88.0 Å². The first-order chi connectivity index (χ1) is 11.5. The Bertz CT molecular complexity index is 536. The van der Waals surface area contributed by atoms with Crippen molar-refractivity contribution in [1.82, 2.24) is 5.32 Å². The van der Waals surface area contributed by atoms with Crippen molar-refractivity contribution in [3.63, 3.8) is 0 Å². The van der Waals surface area contributed by atoms with Crippen LogP contribution in [0.5, 0.6) is 5.75 Å². The molecular weight excluding hydrogens is 322 g/mol. The lowest BCUT2D eigenvalue weighted by Gasteiger charge is -2.28. The predicted molar refractivity (Wildman–Crippen MR) is 96.3 cm³/mol. The molecule has 1 aliphatic heterocycles. The highest BCUT2D eigenvalue weighted by Gasteiger charge is 2.42. The molecule has 0 spiro atoms. The molecule has 0 bridgehead atoms. The van der Waals surface area contributed by atoms with E-state index in [1.165, 1.54) is 0 Å². The lowest BCUT2D eigenvalue weighted by atomic mass is 9.93. The molecule has 0 aromatic heterocycles. The number of hydrogen-bond donors (Lipinski definition) is 3. The van der Waals surface area contributed by atoms with Crippen LogP contribution in [0.25, 0.3) is 0 Å². The van der Waals surface area contributed by atoms with Crippen LogP contribution in [0.2, 0.25) is 0 Å². The molecule has 1 fully saturated rings. The van der Waals surface area contributed by atoms with Gasteiger partial charge in [-0.05, 0) is 65.2 Å². The highest BCUT2D eigenvalue weighted by atomic mass is 16.5. The number of carbonyl (C=O) groups excluding carboxylic acids is 1. The Hall–Kier alpha value is -1.63. The fourth-order valence-corrected chi connectivity index (χ4v) is 2.52. The van der Waals surface area contributed by atoms with Gasteiger partial charge in [0, 0.05) is 0 Å². The lowest BCUT2D eigenvalue weighted by Crippen LogP contribution is -2.51. The summed E-state index contributed by atoms with van der Waals surface area (Å²) in [5, 5.41) is 22.2. The van der Waals surface area contributed by atoms with Crippen molar-refractivity contribution in [2.75, 3.05) is 13.2 Å². The number of rotatable bonds is 5. The van der Waals surface area contributed by atoms with Gasteiger partial charge in [-0.15, -0.1) is 0 Å². The fourth-order valence-electron chi connectivity index (χ4n) is 2.52. The minimum atomic E-state index is -0.377. The van der Waals surface area contributed by atoms with E-state index in [9.17, 15) is 15.0 Å². The average molecular weight is 353 g/mol. The van der Waals surface area contributed by atoms with Gasteiger partial charge in [0.25, 0.3) is 6.47 Å². The summed E-state index contributed by atoms with van der Waals surface area (Å²) in [5.74, 6) is 0.277. The molecule has 1 aliphatic rings. The maximum atomic E-state index is 9.60. The lowest BCUT2D eigenvalue weighted by molar-refractivity contribution is -0.138. The van der Waals surface area contributed by atoms with E-state index < -0.39 is 0 Å². The smallest absolute Gasteiger partial charge is 0.293 e. The maximum absolute atomic E-state index is 9.60. The van der Waals surface area contributed by atoms with Crippen molar-refractivity contribution in [2.45, 2.75) is 64.3 Å². The standard InChI is InChI=1S/C14H21NO3.C5H10O2/c1-13(2)15-14(9-16,10-18-13)8-7-11-3-5-12(17)6-4-11;1-5(2,3)7-4-6/h3-6,15-17H,7-10H2,1-2H3;4H,1-3H3. The normalized spacial score (nSPS) is 22.0. The Balaban J connectivity index is 0.000000381. The SMILES string of the molecule is CC(C)(C)OC=O.CC1(C)NC(CO)(CCc2ccc(O)cc2)CO1. The molecule has 6 heteroatoms. The highest BCUT2D eigenvalue weighted by molar-refractivity contribution is 5.37. The number of aryl methyl sites for hydroxylation is 1. The third kappa shape index (κ3) is 7.86. The second-order valence-corrected chi connectivity index (χ2v) is 7.86. The molecule has 25 heavy (non-hydrogen) atoms. The Morgan fingerprint density at radius 3 is 2.24 bits per heavy atom. The molecule has 1 aromatic rings. The minimum Gasteiger partial charge on any atom is -0.508 e. The first-order valence-corrected chi connectivity index (χ1v) is 8.44. The van der Waals surface area contributed by atoms with Crippen LogP contribution in [0.4, 0.5) is 0 Å². The molecule has 1 unspecified atom stereocenters. The largest absolute Gasteiger partial charge is 0.508 e. The summed E-state index contributed by atoms with van der Waals surface area (Å²) in [5.41, 5.74) is 0.0908. The van der Waals surface area contributed by atoms with E-state index in [0.717, 1.165) is 18.4 Å². The number of nitrogens with one attached hydrogen (secondary N) is 1. The van der Waals surface area contributed by atoms with Crippen LogP contribution in [0.3, 0.4) is 0 Å². The molecule has 0 saturated carbocycles. The van der Waals surface area contributed by atoms with Crippen LogP contribution >= 0.6 is 0 Å². The van der Waals surface area contributed by atoms with Gasteiger partial charge in [0.05, 0.1) is 18.8 Å². The zero-order chi connectivity index (χ0) is 19.1. The number of benzene rings is 1. The number of aliphatic hydroxyl groups excluding tert-OH is 1. The molecule has 1 atom stereocenters. The summed E-state index contributed by atoms with van der Waals surface area (Å²) >= 11 is 0. The van der Waals surface area contributed by atoms with E-state index in [1.54, 1.807) is 12.1 Å². The molecule has 6 nitrogen and oxygen atoms in total. The van der Waals surface area contributed by atoms with Gasteiger partial charge in [-0.25, -0.2) is 0 Å². The predicted octanol–water partition coefficient (Wildman–Crippen LogP) is 2.37. The first-order valence-electron chi connectivity index (χ1n) is 8.44. The van der Waals surface area contributed by atoms with E-state index in [0.29, 0.717) is 13.1 Å². The molecule has 1 heterocycles. The summed E-state index contributed by atoms with van der Waals surface area (Å²) < 4.78 is 10.2. The Labute approximate surface area is 150 Å². The van der Waals surface area contributed by atoms with Gasteiger partial charge in [0.15, 0.2) is 0 Å². The summed E-state index contributed by atoms with van der Waals surface area (Å²) in [6.07, 6.45) is 1.64. The van der Waals surface area contributed by atoms with Gasteiger partial charge in [-0.2, -0.15) is 0 Å². The molecule has 0 aliphatic carbocycles. The number of aromatic hydroxyl groups is 1. The van der Waals surface area contributed by atoms with E-state index in [-0.39, 0.29) is 29.2 Å². The van der Waals surface area contributed by atoms with Crippen molar-refractivity contribution in [1.29, 1.82) is 0 Å². The number of hydrogen-bond acceptors (Lipinski definition) is 6. The van der Waals surface area contributed by atoms with Crippen molar-refractivity contribution in [2.24, 2.45) is 0 Å². The molecule has 1 aromatic carbocycles. The molecule has 0 radical (unpaired) electrons. The Kier molecular flexibility index (Phi) is 7.41. The van der Waals surface area contributed by atoms with Crippen LogP contribution in [-0.4, -0.2) is 46.8 Å². The number of aliphatic hydroxyl groups is 1. The van der Waals surface area contributed by atoms with Crippen molar-refractivity contribution >= 4 is 6.47 Å². The summed E-state index contributed by atoms with van der Waals surface area (Å²) in [6, 6.07) is 7.18. The van der Waals surface area contributed by atoms with Crippen molar-refractivity contribution in [3.05, 3.63) is 29.8 Å². The van der Waals surface area contributed by atoms with Gasteiger partial charge in [0.1, 0.15) is 17.1 Å². The number of phenolic OH excluding ortho intramolecular Hbond substituents is 1. The van der Waals surface area contributed by atoms with Crippen LogP contribution in [-0.2, 0) is 20.7 Å². The van der Waals surface area contributed by atoms with E-state index in [4.69, 9.17) is 4.74 Å². The molecule has 2 rings (SSSR count). The summed E-state index contributed by atoms with van der Waals surface area (Å²) in [4.78, 5) is 9.60. The third-order valence-electron chi connectivity index (χ3n) is 3.81. The summed E-state index contributed by atoms with van der Waals surface area (Å²) in [6.45, 7) is 10.4. The molecule has 142 valence electrons. The van der Waals surface area contributed by atoms with Crippen LogP contribution in [0, 0.1) is 0 Å². The van der Waals surface area contributed by atoms with Gasteiger partial charge in [-0.3, -0.25) is 10.1 Å². The van der Waals surface area contributed by atoms with Gasteiger partial charge in [0.2, 0.25) is 0 Å². The summed E-state index contributed by atoms with van der Waals surface area (Å²) in [7, 11) is 0. The molecule has 1 saturated heterocycles. The van der Waals surface area contributed by atoms with Crippen LogP contribution in [0.15, 0.2) is 24.3 Å². The fraction of sp³-hybridized carbons (Fsp3) is 0.632. The zero-order valence-electron chi connectivity index (χ0n) is 15.8. The first kappa shape index (κ1) is 21.4. The second-order valence-electron chi connectivity index (χ2n) is 7.86. The number of ether oxygens (including phenoxy) is 2. The maximum Gasteiger partial charge on any atom is 0.293 e. The minimum absolute atomic E-state index is 0.0640. The van der Waals surface area contributed by atoms with E-state index in [1.807, 2.05) is 46.8 Å². The number of carbonyl (C=O) groups is 1. The number of phenols is 1. The highest BCUT2D eigenvalue weighted by Crippen LogP contribution is 2.27. The van der Waals surface area contributed by atoms with Crippen molar-refractivity contribution in [3.8, 4) is 5.75 Å². The average Bonchev–Trinajstić information content (AvgIpc) is 2.82. The van der Waals surface area contributed by atoms with Gasteiger partial charge in [-0.1, -0.05) is 12.1 Å². The zero-order valence-corrected chi connectivity index (χ0v) is 15.8. The van der Waals surface area contributed by atoms with E-state index >= 15 is 0 Å². The molecule has 0 amide bonds. The quantitative estimate of drug-likeness (QED) is 0.705. The second kappa shape index (κ2) is 8.65. The Morgan fingerprint density at radius 1 is 1.28 bits per heavy atom. The monoisotopic (exact) mass is 353 g/mol. The van der Waals surface area contributed by atoms with Gasteiger partial charge < -0.3 is 19.7 Å².